The largest absolute Gasteiger partial charge is 0.471 e. The molecule has 0 atom stereocenters. The third kappa shape index (κ3) is 7.16. The molecule has 25 heavy (non-hydrogen) atoms. The van der Waals surface area contributed by atoms with Gasteiger partial charge in [0.05, 0.1) is 0 Å². The fourth-order valence-electron chi connectivity index (χ4n) is 2.93. The summed E-state index contributed by atoms with van der Waals surface area (Å²) in [5.74, 6) is 1.52. The Morgan fingerprint density at radius 2 is 1.28 bits per heavy atom. The van der Waals surface area contributed by atoms with Crippen LogP contribution in [0.4, 0.5) is 5.82 Å². The average Bonchev–Trinajstić information content (AvgIpc) is 2.66. The molecule has 1 aromatic heterocycles. The molecule has 0 spiro atoms. The fourth-order valence-corrected chi connectivity index (χ4v) is 2.93. The van der Waals surface area contributed by atoms with E-state index >= 15 is 0 Å². The van der Waals surface area contributed by atoms with Gasteiger partial charge in [-0.3, -0.25) is 0 Å². The van der Waals surface area contributed by atoms with E-state index in [1.54, 1.807) is 0 Å². The molecule has 6 nitrogen and oxygen atoms in total. The minimum absolute atomic E-state index is 0.0911. The molecule has 6 heteroatoms. The predicted molar refractivity (Wildman–Crippen MR) is 106 cm³/mol. The van der Waals surface area contributed by atoms with E-state index in [4.69, 9.17) is 4.74 Å². The smallest absolute Gasteiger partial charge is 0.233 e. The van der Waals surface area contributed by atoms with Crippen LogP contribution in [-0.2, 0) is 0 Å². The summed E-state index contributed by atoms with van der Waals surface area (Å²) in [5.41, 5.74) is 0. The zero-order chi connectivity index (χ0) is 18.7. The summed E-state index contributed by atoms with van der Waals surface area (Å²) in [6.07, 6.45) is 0.0911. The Balaban J connectivity index is 2.81. The Kier molecular flexibility index (Phi) is 10.4. The summed E-state index contributed by atoms with van der Waals surface area (Å²) < 4.78 is 6.21. The number of nitrogens with zero attached hydrogens (tertiary/aromatic N) is 5. The first-order valence-corrected chi connectivity index (χ1v) is 9.81. The molecular formula is C19H37N5O. The molecule has 0 radical (unpaired) electrons. The second-order valence-electron chi connectivity index (χ2n) is 6.11. The van der Waals surface area contributed by atoms with Gasteiger partial charge in [0.1, 0.15) is 6.10 Å². The molecule has 0 aliphatic heterocycles. The van der Waals surface area contributed by atoms with E-state index in [1.165, 1.54) is 0 Å². The van der Waals surface area contributed by atoms with Crippen molar-refractivity contribution in [2.75, 3.05) is 57.3 Å². The number of likely N-dealkylation sites (N-methyl/N-ethyl adjacent to an activating group) is 2. The standard InChI is InChI=1S/C19H37N5O/c1-7-22(8-2)15-17(16-23(9-3)10-4)25-19-14-13-18(20-21-19)24(11-5)12-6/h13-14,17H,7-12,15-16H2,1-6H3. The highest BCUT2D eigenvalue weighted by Gasteiger charge is 2.18. The van der Waals surface area contributed by atoms with Gasteiger partial charge < -0.3 is 19.4 Å². The SMILES string of the molecule is CCN(CC)CC(CN(CC)CC)Oc1ccc(N(CC)CC)nn1. The molecule has 0 amide bonds. The van der Waals surface area contributed by atoms with E-state index in [2.05, 4.69) is 66.4 Å². The molecule has 0 saturated heterocycles. The molecule has 144 valence electrons. The van der Waals surface area contributed by atoms with Crippen molar-refractivity contribution in [1.29, 1.82) is 0 Å². The average molecular weight is 352 g/mol. The lowest BCUT2D eigenvalue weighted by atomic mass is 10.2. The number of hydrogen-bond donors (Lipinski definition) is 0. The van der Waals surface area contributed by atoms with Crippen LogP contribution in [0.15, 0.2) is 12.1 Å². The number of hydrogen-bond acceptors (Lipinski definition) is 6. The second-order valence-corrected chi connectivity index (χ2v) is 6.11. The van der Waals surface area contributed by atoms with Gasteiger partial charge in [0.25, 0.3) is 0 Å². The Hall–Kier alpha value is -1.40. The molecule has 0 aromatic carbocycles. The van der Waals surface area contributed by atoms with Gasteiger partial charge in [0.2, 0.25) is 5.88 Å². The quantitative estimate of drug-likeness (QED) is 0.544. The maximum Gasteiger partial charge on any atom is 0.233 e. The summed E-state index contributed by atoms with van der Waals surface area (Å²) in [4.78, 5) is 6.97. The van der Waals surface area contributed by atoms with Crippen LogP contribution in [0.1, 0.15) is 41.5 Å². The summed E-state index contributed by atoms with van der Waals surface area (Å²) in [6.45, 7) is 20.8. The summed E-state index contributed by atoms with van der Waals surface area (Å²) in [5, 5.41) is 8.64. The first kappa shape index (κ1) is 21.6. The van der Waals surface area contributed by atoms with Gasteiger partial charge in [-0.2, -0.15) is 0 Å². The third-order valence-electron chi connectivity index (χ3n) is 4.71. The van der Waals surface area contributed by atoms with Gasteiger partial charge in [-0.05, 0) is 46.1 Å². The van der Waals surface area contributed by atoms with E-state index < -0.39 is 0 Å². The molecule has 0 N–H and O–H groups in total. The van der Waals surface area contributed by atoms with Crippen molar-refractivity contribution in [1.82, 2.24) is 20.0 Å². The van der Waals surface area contributed by atoms with Crippen LogP contribution in [0.2, 0.25) is 0 Å². The molecule has 0 bridgehead atoms. The second kappa shape index (κ2) is 12.0. The zero-order valence-electron chi connectivity index (χ0n) is 17.0. The fraction of sp³-hybridized carbons (Fsp3) is 0.789. The van der Waals surface area contributed by atoms with Gasteiger partial charge in [-0.15, -0.1) is 10.2 Å². The van der Waals surface area contributed by atoms with Crippen molar-refractivity contribution in [2.24, 2.45) is 0 Å². The van der Waals surface area contributed by atoms with Crippen LogP contribution in [0.5, 0.6) is 5.88 Å². The van der Waals surface area contributed by atoms with Crippen LogP contribution < -0.4 is 9.64 Å². The van der Waals surface area contributed by atoms with Crippen molar-refractivity contribution in [3.05, 3.63) is 12.1 Å². The summed E-state index contributed by atoms with van der Waals surface area (Å²) in [6, 6.07) is 3.94. The van der Waals surface area contributed by atoms with Crippen LogP contribution in [-0.4, -0.2) is 78.5 Å². The van der Waals surface area contributed by atoms with Gasteiger partial charge in [-0.25, -0.2) is 0 Å². The zero-order valence-corrected chi connectivity index (χ0v) is 17.0. The van der Waals surface area contributed by atoms with Gasteiger partial charge >= 0.3 is 0 Å². The van der Waals surface area contributed by atoms with Gasteiger partial charge in [-0.1, -0.05) is 27.7 Å². The van der Waals surface area contributed by atoms with Crippen molar-refractivity contribution in [3.63, 3.8) is 0 Å². The molecular weight excluding hydrogens is 314 g/mol. The van der Waals surface area contributed by atoms with Crippen molar-refractivity contribution < 1.29 is 4.74 Å². The third-order valence-corrected chi connectivity index (χ3v) is 4.71. The Morgan fingerprint density at radius 3 is 1.64 bits per heavy atom. The van der Waals surface area contributed by atoms with Crippen LogP contribution >= 0.6 is 0 Å². The monoisotopic (exact) mass is 351 g/mol. The Morgan fingerprint density at radius 1 is 0.760 bits per heavy atom. The minimum Gasteiger partial charge on any atom is -0.471 e. The van der Waals surface area contributed by atoms with E-state index in [0.29, 0.717) is 5.88 Å². The number of ether oxygens (including phenoxy) is 1. The lowest BCUT2D eigenvalue weighted by Gasteiger charge is -2.29. The normalized spacial score (nSPS) is 11.6. The van der Waals surface area contributed by atoms with E-state index in [-0.39, 0.29) is 6.10 Å². The number of anilines is 1. The molecule has 1 rings (SSSR count). The summed E-state index contributed by atoms with van der Waals surface area (Å²) in [7, 11) is 0. The van der Waals surface area contributed by atoms with Gasteiger partial charge in [0.15, 0.2) is 5.82 Å². The number of rotatable bonds is 13. The van der Waals surface area contributed by atoms with Crippen molar-refractivity contribution >= 4 is 5.82 Å². The van der Waals surface area contributed by atoms with Crippen LogP contribution in [0, 0.1) is 0 Å². The van der Waals surface area contributed by atoms with E-state index in [9.17, 15) is 0 Å². The van der Waals surface area contributed by atoms with Crippen molar-refractivity contribution in [2.45, 2.75) is 47.6 Å². The molecule has 0 aliphatic rings. The lowest BCUT2D eigenvalue weighted by molar-refractivity contribution is 0.0943. The van der Waals surface area contributed by atoms with Crippen LogP contribution in [0.3, 0.4) is 0 Å². The highest BCUT2D eigenvalue weighted by Crippen LogP contribution is 2.14. The Bertz CT molecular complexity index is 428. The highest BCUT2D eigenvalue weighted by atomic mass is 16.5. The van der Waals surface area contributed by atoms with Crippen LogP contribution in [0.25, 0.3) is 0 Å². The van der Waals surface area contributed by atoms with E-state index in [0.717, 1.165) is 58.2 Å². The number of aromatic nitrogens is 2. The first-order valence-electron chi connectivity index (χ1n) is 9.81. The summed E-state index contributed by atoms with van der Waals surface area (Å²) >= 11 is 0. The Labute approximate surface area is 154 Å². The predicted octanol–water partition coefficient (Wildman–Crippen LogP) is 2.75. The molecule has 0 aliphatic carbocycles. The molecule has 1 heterocycles. The lowest BCUT2D eigenvalue weighted by Crippen LogP contribution is -2.43. The maximum atomic E-state index is 6.21. The van der Waals surface area contributed by atoms with Gasteiger partial charge in [0, 0.05) is 32.2 Å². The molecule has 0 saturated carbocycles. The van der Waals surface area contributed by atoms with Crippen molar-refractivity contribution in [3.8, 4) is 5.88 Å². The molecule has 1 aromatic rings. The highest BCUT2D eigenvalue weighted by molar-refractivity contribution is 5.37. The molecule has 0 unspecified atom stereocenters. The minimum atomic E-state index is 0.0911. The van der Waals surface area contributed by atoms with E-state index in [1.807, 2.05) is 12.1 Å². The maximum absolute atomic E-state index is 6.21. The first-order chi connectivity index (χ1) is 12.1. The molecule has 0 fully saturated rings. The topological polar surface area (TPSA) is 44.7 Å².